The second-order valence-corrected chi connectivity index (χ2v) is 13.2. The van der Waals surface area contributed by atoms with Crippen LogP contribution in [0.2, 0.25) is 0 Å². The van der Waals surface area contributed by atoms with E-state index in [9.17, 15) is 25.9 Å². The molecule has 200 valence electrons. The Morgan fingerprint density at radius 1 is 1.13 bits per heavy atom. The van der Waals surface area contributed by atoms with Crippen LogP contribution >= 0.6 is 39.0 Å². The maximum absolute atomic E-state index is 11.5. The summed E-state index contributed by atoms with van der Waals surface area (Å²) in [4.78, 5) is 3.61. The van der Waals surface area contributed by atoms with Gasteiger partial charge in [-0.05, 0) is 43.7 Å². The summed E-state index contributed by atoms with van der Waals surface area (Å²) in [5.41, 5.74) is 1.63. The Kier molecular flexibility index (Phi) is 13.9. The average molecular weight is 688 g/mol. The largest absolute Gasteiger partial charge is 1.00 e. The number of rotatable bonds is 6. The van der Waals surface area contributed by atoms with E-state index in [0.29, 0.717) is 26.7 Å². The van der Waals surface area contributed by atoms with Gasteiger partial charge in [-0.2, -0.15) is 0 Å². The van der Waals surface area contributed by atoms with Gasteiger partial charge in [0.2, 0.25) is 11.5 Å². The molecule has 0 unspecified atom stereocenters. The van der Waals surface area contributed by atoms with Crippen LogP contribution in [0.5, 0.6) is 0 Å². The van der Waals surface area contributed by atoms with Crippen LogP contribution in [0.3, 0.4) is 0 Å². The number of hydrogen-bond donors (Lipinski definition) is 0. The van der Waals surface area contributed by atoms with E-state index in [0.717, 1.165) is 14.2 Å². The van der Waals surface area contributed by atoms with Crippen molar-refractivity contribution in [1.29, 1.82) is 0 Å². The molecular formula is C23H24BrKN2O7S4. The van der Waals surface area contributed by atoms with E-state index in [1.165, 1.54) is 32.6 Å². The van der Waals surface area contributed by atoms with Crippen molar-refractivity contribution in [2.75, 3.05) is 10.8 Å². The third-order valence-corrected chi connectivity index (χ3v) is 8.31. The molecule has 38 heavy (non-hydrogen) atoms. The van der Waals surface area contributed by atoms with Gasteiger partial charge in [-0.15, -0.1) is 30.9 Å². The second-order valence-electron chi connectivity index (χ2n) is 7.28. The Morgan fingerprint density at radius 2 is 1.76 bits per heavy atom. The third-order valence-electron chi connectivity index (χ3n) is 4.50. The van der Waals surface area contributed by atoms with Gasteiger partial charge >= 0.3 is 62.1 Å². The summed E-state index contributed by atoms with van der Waals surface area (Å²) in [5, 5.41) is 0.503. The number of anilines is 1. The first-order valence-electron chi connectivity index (χ1n) is 10.2. The van der Waals surface area contributed by atoms with Crippen molar-refractivity contribution < 1.29 is 86.3 Å². The van der Waals surface area contributed by atoms with Crippen LogP contribution in [0.1, 0.15) is 17.7 Å². The molecule has 3 aromatic rings. The predicted molar refractivity (Wildman–Crippen MR) is 150 cm³/mol. The van der Waals surface area contributed by atoms with E-state index in [-0.39, 0.29) is 57.3 Å². The Bertz CT molecular complexity index is 1580. The number of aromatic nitrogens is 1. The summed E-state index contributed by atoms with van der Waals surface area (Å²) in [6.45, 7) is 15.6. The Balaban J connectivity index is 0.00000138. The monoisotopic (exact) mass is 686 g/mol. The molecule has 1 aliphatic heterocycles. The molecule has 0 bridgehead atoms. The molecule has 3 heterocycles. The number of halogens is 1. The van der Waals surface area contributed by atoms with Gasteiger partial charge in [0.1, 0.15) is 16.0 Å². The minimum Gasteiger partial charge on any atom is -0.747 e. The molecule has 0 amide bonds. The van der Waals surface area contributed by atoms with Gasteiger partial charge in [0, 0.05) is 20.3 Å². The molecule has 0 spiro atoms. The number of thiophene rings is 1. The summed E-state index contributed by atoms with van der Waals surface area (Å²) < 4.78 is 76.7. The first-order valence-corrected chi connectivity index (χ1v) is 15.8. The van der Waals surface area contributed by atoms with Crippen LogP contribution in [-0.4, -0.2) is 31.8 Å². The number of hydrogen-bond acceptors (Lipinski definition) is 10. The molecule has 1 aliphatic rings. The molecule has 0 N–H and O–H groups in total. The van der Waals surface area contributed by atoms with Crippen molar-refractivity contribution in [3.8, 4) is 0 Å². The molecule has 0 atom stereocenters. The molecule has 0 radical (unpaired) electrons. The Hall–Kier alpha value is -0.564. The smallest absolute Gasteiger partial charge is 0.747 e. The summed E-state index contributed by atoms with van der Waals surface area (Å²) in [5.74, 6) is -1.37. The molecule has 2 aromatic heterocycles. The molecule has 0 saturated heterocycles. The van der Waals surface area contributed by atoms with Gasteiger partial charge in [0.05, 0.1) is 16.8 Å². The first kappa shape index (κ1) is 35.5. The normalized spacial score (nSPS) is 14.3. The van der Waals surface area contributed by atoms with E-state index in [2.05, 4.69) is 42.2 Å². The fourth-order valence-corrected chi connectivity index (χ4v) is 7.07. The van der Waals surface area contributed by atoms with Crippen molar-refractivity contribution in [3.63, 3.8) is 0 Å². The van der Waals surface area contributed by atoms with E-state index in [4.69, 9.17) is 4.42 Å². The van der Waals surface area contributed by atoms with Crippen molar-refractivity contribution in [1.82, 2.24) is 0 Å². The molecule has 1 aromatic carbocycles. The number of benzene rings is 1. The van der Waals surface area contributed by atoms with E-state index in [1.807, 2.05) is 19.1 Å². The minimum atomic E-state index is -4.58. The third kappa shape index (κ3) is 9.52. The molecule has 4 rings (SSSR count). The summed E-state index contributed by atoms with van der Waals surface area (Å²) >= 11 is 5.95. The van der Waals surface area contributed by atoms with Crippen molar-refractivity contribution in [3.05, 3.63) is 82.5 Å². The Labute approximate surface area is 282 Å². The summed E-state index contributed by atoms with van der Waals surface area (Å²) in [6.07, 6.45) is 3.23. The number of thioether (sulfide) groups is 1. The molecule has 15 heteroatoms. The fourth-order valence-electron chi connectivity index (χ4n) is 3.30. The fraction of sp³-hybridized carbons (Fsp3) is 0.174. The quantitative estimate of drug-likeness (QED) is 0.166. The van der Waals surface area contributed by atoms with Crippen LogP contribution in [-0.2, 0) is 26.1 Å². The summed E-state index contributed by atoms with van der Waals surface area (Å²) in [6, 6.07) is 7.10. The zero-order chi connectivity index (χ0) is 28.1. The van der Waals surface area contributed by atoms with Crippen LogP contribution < -0.4 is 60.9 Å². The van der Waals surface area contributed by atoms with Gasteiger partial charge in [-0.3, -0.25) is 0 Å². The average Bonchev–Trinajstić information content (AvgIpc) is 3.41. The van der Waals surface area contributed by atoms with Crippen LogP contribution in [0.15, 0.2) is 81.0 Å². The molecule has 0 fully saturated rings. The second kappa shape index (κ2) is 14.9. The molecule has 0 saturated carbocycles. The summed E-state index contributed by atoms with van der Waals surface area (Å²) in [7, 11) is -9.15. The van der Waals surface area contributed by atoms with Gasteiger partial charge in [-0.25, -0.2) is 16.8 Å². The standard InChI is InChI=1S/C19H17BrN2O7S4.2C2H4.K/c1-11(5-17-22(10-33(26,27)28)19-15(29-17)7-12(2)30-19)6-18-21(9-32(23,24)25)14-8-13(20)3-4-16(14)31-18;2*1-2;/h3-8H,9-10H2,1-2H3,(H-,23,24,25,26,27,28);2*1-2H2;/q;;;+1/p-1. The maximum Gasteiger partial charge on any atom is 1.00 e. The topological polar surface area (TPSA) is 135 Å². The van der Waals surface area contributed by atoms with E-state index in [1.54, 1.807) is 31.2 Å². The number of fused-ring (bicyclic) bond motifs is 2. The van der Waals surface area contributed by atoms with Crippen molar-refractivity contribution >= 4 is 81.4 Å². The Morgan fingerprint density at radius 3 is 2.34 bits per heavy atom. The van der Waals surface area contributed by atoms with Gasteiger partial charge in [0.25, 0.3) is 0 Å². The number of allylic oxidation sites excluding steroid dienone is 2. The first-order chi connectivity index (χ1) is 17.3. The molecule has 0 aliphatic carbocycles. The van der Waals surface area contributed by atoms with Gasteiger partial charge < -0.3 is 18.4 Å². The van der Waals surface area contributed by atoms with E-state index >= 15 is 0 Å². The van der Waals surface area contributed by atoms with Crippen LogP contribution in [0, 0.1) is 6.92 Å². The number of oxazole rings is 1. The predicted octanol–water partition coefficient (Wildman–Crippen LogP) is 2.32. The van der Waals surface area contributed by atoms with Gasteiger partial charge in [0.15, 0.2) is 10.1 Å². The minimum absolute atomic E-state index is 0. The maximum atomic E-state index is 11.5. The zero-order valence-corrected chi connectivity index (χ0v) is 28.9. The van der Waals surface area contributed by atoms with Crippen molar-refractivity contribution in [2.45, 2.75) is 24.6 Å². The van der Waals surface area contributed by atoms with E-state index < -0.39 is 32.0 Å². The van der Waals surface area contributed by atoms with Crippen LogP contribution in [0.4, 0.5) is 5.69 Å². The zero-order valence-electron chi connectivity index (χ0n) is 21.0. The molecular weight excluding hydrogens is 664 g/mol. The van der Waals surface area contributed by atoms with Crippen LogP contribution in [0.25, 0.3) is 16.5 Å². The van der Waals surface area contributed by atoms with Gasteiger partial charge in [-0.1, -0.05) is 39.0 Å². The SMILES string of the molecule is C=C.C=C.CC(=C/c1oc2cc(C)sc2[n+]1CS(=O)(=O)[O-])/C=C1/Sc2ccc(Br)cc2N1CS(=O)(=O)[O-].[K+]. The molecule has 9 nitrogen and oxygen atoms in total. The van der Waals surface area contributed by atoms with Crippen molar-refractivity contribution in [2.24, 2.45) is 0 Å². The number of nitrogens with zero attached hydrogens (tertiary/aromatic N) is 2. The number of aryl methyl sites for hydroxylation is 1.